The number of rotatable bonds is 1. The van der Waals surface area contributed by atoms with Crippen molar-refractivity contribution in [1.82, 2.24) is 10.1 Å². The molecule has 7 heteroatoms. The molecule has 0 radical (unpaired) electrons. The summed E-state index contributed by atoms with van der Waals surface area (Å²) in [5, 5.41) is 3.42. The van der Waals surface area contributed by atoms with Crippen LogP contribution in [-0.2, 0) is 0 Å². The summed E-state index contributed by atoms with van der Waals surface area (Å²) in [7, 11) is 0. The van der Waals surface area contributed by atoms with Gasteiger partial charge in [-0.25, -0.2) is 0 Å². The SMILES string of the molecule is FC(F)(F)C1CCC(c2nc(Cl)no2)CC1. The lowest BCUT2D eigenvalue weighted by Gasteiger charge is -2.27. The molecule has 2 rings (SSSR count). The van der Waals surface area contributed by atoms with E-state index in [2.05, 4.69) is 10.1 Å². The Morgan fingerprint density at radius 3 is 2.25 bits per heavy atom. The summed E-state index contributed by atoms with van der Waals surface area (Å²) in [6.07, 6.45) is -3.01. The maximum Gasteiger partial charge on any atom is 0.391 e. The molecule has 0 N–H and O–H groups in total. The van der Waals surface area contributed by atoms with Crippen molar-refractivity contribution in [2.24, 2.45) is 5.92 Å². The predicted octanol–water partition coefficient (Wildman–Crippen LogP) is 3.56. The summed E-state index contributed by atoms with van der Waals surface area (Å²) < 4.78 is 42.1. The molecule has 0 saturated heterocycles. The van der Waals surface area contributed by atoms with Crippen molar-refractivity contribution in [3.05, 3.63) is 11.2 Å². The Kier molecular flexibility index (Phi) is 3.10. The van der Waals surface area contributed by atoms with E-state index in [-0.39, 0.29) is 24.0 Å². The lowest BCUT2D eigenvalue weighted by Crippen LogP contribution is -2.27. The Balaban J connectivity index is 1.95. The van der Waals surface area contributed by atoms with Gasteiger partial charge in [0, 0.05) is 5.92 Å². The number of halogens is 4. The minimum Gasteiger partial charge on any atom is -0.338 e. The van der Waals surface area contributed by atoms with Crippen LogP contribution in [0.5, 0.6) is 0 Å². The first-order valence-electron chi connectivity index (χ1n) is 5.02. The van der Waals surface area contributed by atoms with E-state index in [4.69, 9.17) is 16.1 Å². The van der Waals surface area contributed by atoms with Crippen molar-refractivity contribution < 1.29 is 17.7 Å². The van der Waals surface area contributed by atoms with Crippen molar-refractivity contribution in [2.75, 3.05) is 0 Å². The topological polar surface area (TPSA) is 38.9 Å². The molecule has 0 amide bonds. The first-order chi connectivity index (χ1) is 7.47. The molecule has 0 aliphatic heterocycles. The minimum absolute atomic E-state index is 0.00736. The van der Waals surface area contributed by atoms with E-state index < -0.39 is 12.1 Å². The maximum absolute atomic E-state index is 12.4. The summed E-state index contributed by atoms with van der Waals surface area (Å²) >= 11 is 5.48. The van der Waals surface area contributed by atoms with Gasteiger partial charge in [0.1, 0.15) is 0 Å². The molecule has 1 heterocycles. The highest BCUT2D eigenvalue weighted by Gasteiger charge is 2.42. The zero-order valence-corrected chi connectivity index (χ0v) is 9.05. The van der Waals surface area contributed by atoms with Crippen LogP contribution in [0.25, 0.3) is 0 Å². The molecule has 16 heavy (non-hydrogen) atoms. The Hall–Kier alpha value is -0.780. The fourth-order valence-electron chi connectivity index (χ4n) is 2.05. The lowest BCUT2D eigenvalue weighted by molar-refractivity contribution is -0.182. The van der Waals surface area contributed by atoms with Crippen LogP contribution < -0.4 is 0 Å². The Labute approximate surface area is 95.0 Å². The molecule has 0 atom stereocenters. The van der Waals surface area contributed by atoms with Crippen molar-refractivity contribution in [1.29, 1.82) is 0 Å². The molecule has 1 aliphatic carbocycles. The minimum atomic E-state index is -4.09. The fraction of sp³-hybridized carbons (Fsp3) is 0.778. The highest BCUT2D eigenvalue weighted by Crippen LogP contribution is 2.42. The summed E-state index contributed by atoms with van der Waals surface area (Å²) in [5.74, 6) is -0.925. The smallest absolute Gasteiger partial charge is 0.338 e. The summed E-state index contributed by atoms with van der Waals surface area (Å²) in [6.45, 7) is 0. The molecule has 1 fully saturated rings. The van der Waals surface area contributed by atoms with Gasteiger partial charge < -0.3 is 4.52 Å². The Bertz CT molecular complexity index is 358. The molecular weight excluding hydrogens is 245 g/mol. The number of aromatic nitrogens is 2. The van der Waals surface area contributed by atoms with E-state index in [1.807, 2.05) is 0 Å². The second-order valence-corrected chi connectivity index (χ2v) is 4.33. The molecule has 0 bridgehead atoms. The van der Waals surface area contributed by atoms with Gasteiger partial charge >= 0.3 is 6.18 Å². The van der Waals surface area contributed by atoms with E-state index in [1.165, 1.54) is 0 Å². The van der Waals surface area contributed by atoms with E-state index in [0.29, 0.717) is 18.7 Å². The first kappa shape index (κ1) is 11.7. The molecule has 90 valence electrons. The highest BCUT2D eigenvalue weighted by molar-refractivity contribution is 6.28. The van der Waals surface area contributed by atoms with E-state index in [1.54, 1.807) is 0 Å². The maximum atomic E-state index is 12.4. The monoisotopic (exact) mass is 254 g/mol. The van der Waals surface area contributed by atoms with Crippen LogP contribution in [0.2, 0.25) is 5.28 Å². The second kappa shape index (κ2) is 4.24. The molecule has 1 aromatic rings. The quantitative estimate of drug-likeness (QED) is 0.769. The van der Waals surface area contributed by atoms with Gasteiger partial charge in [0.2, 0.25) is 5.89 Å². The normalized spacial score (nSPS) is 27.0. The molecule has 1 aliphatic rings. The van der Waals surface area contributed by atoms with Gasteiger partial charge in [0.15, 0.2) is 0 Å². The average Bonchev–Trinajstić information content (AvgIpc) is 2.64. The van der Waals surface area contributed by atoms with Crippen LogP contribution in [0, 0.1) is 5.92 Å². The summed E-state index contributed by atoms with van der Waals surface area (Å²) in [6, 6.07) is 0. The van der Waals surface area contributed by atoms with Crippen LogP contribution in [0.1, 0.15) is 37.5 Å². The molecule has 1 aromatic heterocycles. The van der Waals surface area contributed by atoms with Gasteiger partial charge in [0.05, 0.1) is 5.92 Å². The van der Waals surface area contributed by atoms with E-state index in [9.17, 15) is 13.2 Å². The second-order valence-electron chi connectivity index (χ2n) is 3.99. The van der Waals surface area contributed by atoms with Crippen LogP contribution >= 0.6 is 11.6 Å². The molecule has 0 aromatic carbocycles. The lowest BCUT2D eigenvalue weighted by atomic mass is 9.81. The van der Waals surface area contributed by atoms with Crippen molar-refractivity contribution in [3.63, 3.8) is 0 Å². The van der Waals surface area contributed by atoms with E-state index >= 15 is 0 Å². The number of hydrogen-bond acceptors (Lipinski definition) is 3. The van der Waals surface area contributed by atoms with Crippen LogP contribution in [0.15, 0.2) is 4.52 Å². The largest absolute Gasteiger partial charge is 0.391 e. The number of alkyl halides is 3. The van der Waals surface area contributed by atoms with Gasteiger partial charge in [-0.05, 0) is 42.4 Å². The van der Waals surface area contributed by atoms with Gasteiger partial charge in [-0.3, -0.25) is 0 Å². The van der Waals surface area contributed by atoms with E-state index in [0.717, 1.165) is 0 Å². The Morgan fingerprint density at radius 1 is 1.19 bits per heavy atom. The third-order valence-electron chi connectivity index (χ3n) is 2.96. The van der Waals surface area contributed by atoms with Crippen LogP contribution in [0.3, 0.4) is 0 Å². The zero-order valence-electron chi connectivity index (χ0n) is 8.30. The van der Waals surface area contributed by atoms with Gasteiger partial charge in [-0.1, -0.05) is 0 Å². The van der Waals surface area contributed by atoms with Crippen LogP contribution in [-0.4, -0.2) is 16.3 Å². The predicted molar refractivity (Wildman–Crippen MR) is 50.1 cm³/mol. The van der Waals surface area contributed by atoms with Crippen molar-refractivity contribution >= 4 is 11.6 Å². The average molecular weight is 255 g/mol. The third-order valence-corrected chi connectivity index (χ3v) is 3.11. The summed E-state index contributed by atoms with van der Waals surface area (Å²) in [5.41, 5.74) is 0. The molecule has 1 saturated carbocycles. The van der Waals surface area contributed by atoms with Gasteiger partial charge in [0.25, 0.3) is 5.28 Å². The third kappa shape index (κ3) is 2.48. The Morgan fingerprint density at radius 2 is 1.81 bits per heavy atom. The van der Waals surface area contributed by atoms with Crippen molar-refractivity contribution in [3.8, 4) is 0 Å². The molecule has 0 spiro atoms. The number of nitrogens with zero attached hydrogens (tertiary/aromatic N) is 2. The molecular formula is C9H10ClF3N2O. The van der Waals surface area contributed by atoms with Gasteiger partial charge in [-0.15, -0.1) is 0 Å². The van der Waals surface area contributed by atoms with Crippen LogP contribution in [0.4, 0.5) is 13.2 Å². The molecule has 3 nitrogen and oxygen atoms in total. The number of hydrogen-bond donors (Lipinski definition) is 0. The zero-order chi connectivity index (χ0) is 11.8. The highest BCUT2D eigenvalue weighted by atomic mass is 35.5. The van der Waals surface area contributed by atoms with Crippen molar-refractivity contribution in [2.45, 2.75) is 37.8 Å². The standard InChI is InChI=1S/C9H10ClF3N2O/c10-8-14-7(16-15-8)5-1-3-6(4-2-5)9(11,12)13/h5-6H,1-4H2. The first-order valence-corrected chi connectivity index (χ1v) is 5.40. The molecule has 0 unspecified atom stereocenters. The summed E-state index contributed by atoms with van der Waals surface area (Å²) in [4.78, 5) is 3.83. The van der Waals surface area contributed by atoms with Gasteiger partial charge in [-0.2, -0.15) is 18.2 Å². The fourth-order valence-corrected chi connectivity index (χ4v) is 2.17.